The molecular weight excluding hydrogens is 330 g/mol. The van der Waals surface area contributed by atoms with Crippen LogP contribution in [0.1, 0.15) is 32.1 Å². The number of para-hydroxylation sites is 1. The molecule has 0 fully saturated rings. The van der Waals surface area contributed by atoms with E-state index in [1.54, 1.807) is 29.8 Å². The zero-order valence-corrected chi connectivity index (χ0v) is 14.4. The van der Waals surface area contributed by atoms with Crippen LogP contribution in [0, 0.1) is 6.92 Å². The average Bonchev–Trinajstić information content (AvgIpc) is 3.07. The molecule has 2 aromatic carbocycles. The van der Waals surface area contributed by atoms with Crippen LogP contribution in [0.4, 0.5) is 0 Å². The Hall–Kier alpha value is -3.54. The molecule has 0 bridgehead atoms. The molecule has 0 saturated heterocycles. The number of carbonyl (C=O) groups excluding carboxylic acids is 2. The van der Waals surface area contributed by atoms with Crippen LogP contribution in [0.15, 0.2) is 60.7 Å². The van der Waals surface area contributed by atoms with Crippen LogP contribution in [0.3, 0.4) is 0 Å². The van der Waals surface area contributed by atoms with Crippen molar-refractivity contribution in [3.05, 3.63) is 83.2 Å². The van der Waals surface area contributed by atoms with Crippen LogP contribution in [0.2, 0.25) is 0 Å². The van der Waals surface area contributed by atoms with Gasteiger partial charge in [0.2, 0.25) is 0 Å². The zero-order chi connectivity index (χ0) is 18.5. The van der Waals surface area contributed by atoms with Crippen molar-refractivity contribution < 1.29 is 14.3 Å². The van der Waals surface area contributed by atoms with Gasteiger partial charge < -0.3 is 4.74 Å². The molecule has 0 saturated carbocycles. The van der Waals surface area contributed by atoms with E-state index in [1.165, 1.54) is 13.2 Å². The van der Waals surface area contributed by atoms with Gasteiger partial charge in [-0.1, -0.05) is 53.7 Å². The second-order valence-corrected chi connectivity index (χ2v) is 5.55. The number of ketones is 1. The number of carbonyl (C=O) groups is 2. The van der Waals surface area contributed by atoms with E-state index in [1.807, 2.05) is 42.5 Å². The number of hydrogen-bond acceptors (Lipinski definition) is 5. The van der Waals surface area contributed by atoms with Crippen molar-refractivity contribution in [3.63, 3.8) is 0 Å². The minimum absolute atomic E-state index is 0.0917. The number of ether oxygens (including phenoxy) is 1. The zero-order valence-electron chi connectivity index (χ0n) is 14.4. The molecule has 3 rings (SSSR count). The number of methoxy groups -OCH3 is 1. The molecule has 0 aliphatic heterocycles. The standard InChI is InChI=1S/C20H17N3O3/c1-14-19(20(25)26-2)21-22-23(14)17-11-7-6-8-15(17)12-13-18(24)16-9-4-3-5-10-16/h3-13H,1-2H3/b13-12+. The second-order valence-electron chi connectivity index (χ2n) is 5.55. The molecule has 0 aliphatic carbocycles. The highest BCUT2D eigenvalue weighted by Gasteiger charge is 2.18. The first-order valence-electron chi connectivity index (χ1n) is 7.99. The maximum Gasteiger partial charge on any atom is 0.360 e. The maximum absolute atomic E-state index is 12.3. The summed E-state index contributed by atoms with van der Waals surface area (Å²) >= 11 is 0. The number of esters is 1. The number of benzene rings is 2. The molecule has 6 heteroatoms. The lowest BCUT2D eigenvalue weighted by atomic mass is 10.1. The van der Waals surface area contributed by atoms with E-state index in [0.29, 0.717) is 16.9 Å². The van der Waals surface area contributed by atoms with Crippen LogP contribution in [0.25, 0.3) is 11.8 Å². The van der Waals surface area contributed by atoms with E-state index in [0.717, 1.165) is 5.56 Å². The molecule has 0 atom stereocenters. The van der Waals surface area contributed by atoms with Crippen LogP contribution >= 0.6 is 0 Å². The smallest absolute Gasteiger partial charge is 0.360 e. The third-order valence-electron chi connectivity index (χ3n) is 3.91. The SMILES string of the molecule is COC(=O)c1nnn(-c2ccccc2/C=C/C(=O)c2ccccc2)c1C. The Bertz CT molecular complexity index is 975. The number of allylic oxidation sites excluding steroid dienone is 1. The van der Waals surface area contributed by atoms with Gasteiger partial charge in [-0.15, -0.1) is 5.10 Å². The Morgan fingerprint density at radius 2 is 1.73 bits per heavy atom. The van der Waals surface area contributed by atoms with Crippen LogP contribution in [0.5, 0.6) is 0 Å². The Labute approximate surface area is 150 Å². The fraction of sp³-hybridized carbons (Fsp3) is 0.100. The molecule has 0 radical (unpaired) electrons. The summed E-state index contributed by atoms with van der Waals surface area (Å²) in [7, 11) is 1.30. The summed E-state index contributed by atoms with van der Waals surface area (Å²) in [5.41, 5.74) is 2.83. The summed E-state index contributed by atoms with van der Waals surface area (Å²) in [6, 6.07) is 16.5. The topological polar surface area (TPSA) is 74.1 Å². The van der Waals surface area contributed by atoms with Gasteiger partial charge in [0.1, 0.15) is 0 Å². The Morgan fingerprint density at radius 1 is 1.04 bits per heavy atom. The minimum atomic E-state index is -0.541. The van der Waals surface area contributed by atoms with Crippen molar-refractivity contribution in [1.29, 1.82) is 0 Å². The third kappa shape index (κ3) is 3.44. The maximum atomic E-state index is 12.3. The summed E-state index contributed by atoms with van der Waals surface area (Å²) < 4.78 is 6.27. The highest BCUT2D eigenvalue weighted by Crippen LogP contribution is 2.19. The summed E-state index contributed by atoms with van der Waals surface area (Å²) in [4.78, 5) is 24.0. The fourth-order valence-corrected chi connectivity index (χ4v) is 2.53. The lowest BCUT2D eigenvalue weighted by Crippen LogP contribution is -2.06. The first kappa shape index (κ1) is 17.3. The minimum Gasteiger partial charge on any atom is -0.464 e. The van der Waals surface area contributed by atoms with Crippen molar-refractivity contribution in [2.75, 3.05) is 7.11 Å². The molecule has 0 N–H and O–H groups in total. The molecule has 26 heavy (non-hydrogen) atoms. The van der Waals surface area contributed by atoms with Gasteiger partial charge in [-0.25, -0.2) is 9.48 Å². The average molecular weight is 347 g/mol. The van der Waals surface area contributed by atoms with Gasteiger partial charge in [0.15, 0.2) is 11.5 Å². The summed E-state index contributed by atoms with van der Waals surface area (Å²) in [5.74, 6) is -0.632. The van der Waals surface area contributed by atoms with Crippen molar-refractivity contribution >= 4 is 17.8 Å². The largest absolute Gasteiger partial charge is 0.464 e. The Morgan fingerprint density at radius 3 is 2.46 bits per heavy atom. The lowest BCUT2D eigenvalue weighted by molar-refractivity contribution is 0.0593. The molecule has 0 spiro atoms. The first-order valence-corrected chi connectivity index (χ1v) is 7.99. The van der Waals surface area contributed by atoms with Crippen molar-refractivity contribution in [2.24, 2.45) is 0 Å². The Balaban J connectivity index is 1.95. The van der Waals surface area contributed by atoms with Gasteiger partial charge >= 0.3 is 5.97 Å². The van der Waals surface area contributed by atoms with Crippen LogP contribution in [-0.4, -0.2) is 33.9 Å². The highest BCUT2D eigenvalue weighted by molar-refractivity contribution is 6.06. The van der Waals surface area contributed by atoms with Gasteiger partial charge in [-0.05, 0) is 25.1 Å². The van der Waals surface area contributed by atoms with Gasteiger partial charge in [0.25, 0.3) is 0 Å². The van der Waals surface area contributed by atoms with E-state index in [4.69, 9.17) is 4.74 Å². The summed E-state index contributed by atoms with van der Waals surface area (Å²) in [5, 5.41) is 7.94. The first-order chi connectivity index (χ1) is 12.6. The second kappa shape index (κ2) is 7.57. The summed E-state index contributed by atoms with van der Waals surface area (Å²) in [6.45, 7) is 1.74. The van der Waals surface area contributed by atoms with Gasteiger partial charge in [0, 0.05) is 11.1 Å². The normalized spacial score (nSPS) is 10.8. The summed E-state index contributed by atoms with van der Waals surface area (Å²) in [6.07, 6.45) is 3.24. The van der Waals surface area contributed by atoms with E-state index in [9.17, 15) is 9.59 Å². The van der Waals surface area contributed by atoms with Crippen molar-refractivity contribution in [3.8, 4) is 5.69 Å². The number of nitrogens with zero attached hydrogens (tertiary/aromatic N) is 3. The number of aromatic nitrogens is 3. The van der Waals surface area contributed by atoms with Gasteiger partial charge in [0.05, 0.1) is 18.5 Å². The molecule has 0 amide bonds. The van der Waals surface area contributed by atoms with E-state index in [2.05, 4.69) is 10.3 Å². The predicted molar refractivity (Wildman–Crippen MR) is 97.2 cm³/mol. The molecule has 6 nitrogen and oxygen atoms in total. The Kier molecular flexibility index (Phi) is 5.03. The molecule has 0 aliphatic rings. The molecule has 0 unspecified atom stereocenters. The molecular formula is C20H17N3O3. The molecule has 1 aromatic heterocycles. The monoisotopic (exact) mass is 347 g/mol. The lowest BCUT2D eigenvalue weighted by Gasteiger charge is -2.07. The van der Waals surface area contributed by atoms with E-state index >= 15 is 0 Å². The quantitative estimate of drug-likeness (QED) is 0.402. The highest BCUT2D eigenvalue weighted by atomic mass is 16.5. The van der Waals surface area contributed by atoms with E-state index < -0.39 is 5.97 Å². The van der Waals surface area contributed by atoms with E-state index in [-0.39, 0.29) is 11.5 Å². The van der Waals surface area contributed by atoms with Gasteiger partial charge in [-0.3, -0.25) is 4.79 Å². The molecule has 130 valence electrons. The van der Waals surface area contributed by atoms with Gasteiger partial charge in [-0.2, -0.15) is 0 Å². The van der Waals surface area contributed by atoms with Crippen molar-refractivity contribution in [2.45, 2.75) is 6.92 Å². The molecule has 3 aromatic rings. The van der Waals surface area contributed by atoms with Crippen LogP contribution in [-0.2, 0) is 4.74 Å². The fourth-order valence-electron chi connectivity index (χ4n) is 2.53. The number of rotatable bonds is 5. The number of hydrogen-bond donors (Lipinski definition) is 0. The predicted octanol–water partition coefficient (Wildman–Crippen LogP) is 3.26. The third-order valence-corrected chi connectivity index (χ3v) is 3.91. The van der Waals surface area contributed by atoms with Crippen molar-refractivity contribution in [1.82, 2.24) is 15.0 Å². The van der Waals surface area contributed by atoms with Crippen LogP contribution < -0.4 is 0 Å². The molecule has 1 heterocycles.